The molecule has 0 aliphatic rings. The minimum absolute atomic E-state index is 0.0189. The topological polar surface area (TPSA) is 50.4 Å². The molecule has 2 unspecified atom stereocenters. The molecule has 124 valence electrons. The molecule has 1 aromatic carbocycles. The zero-order chi connectivity index (χ0) is 16.9. The normalized spacial score (nSPS) is 14.3. The van der Waals surface area contributed by atoms with Crippen molar-refractivity contribution in [2.75, 3.05) is 6.54 Å². The first-order valence-electron chi connectivity index (χ1n) is 7.26. The van der Waals surface area contributed by atoms with Crippen molar-refractivity contribution in [3.8, 4) is 0 Å². The molecule has 0 spiro atoms. The number of hydrogen-bond donors (Lipinski definition) is 2. The van der Waals surface area contributed by atoms with Gasteiger partial charge in [0.15, 0.2) is 0 Å². The second-order valence-electron chi connectivity index (χ2n) is 6.34. The van der Waals surface area contributed by atoms with Crippen molar-refractivity contribution >= 4 is 22.0 Å². The Labute approximate surface area is 139 Å². The van der Waals surface area contributed by atoms with Crippen LogP contribution in [0.1, 0.15) is 46.2 Å². The molecule has 1 aromatic rings. The van der Waals surface area contributed by atoms with Crippen LogP contribution >= 0.6 is 15.9 Å². The van der Waals surface area contributed by atoms with Crippen LogP contribution in [0.2, 0.25) is 0 Å². The summed E-state index contributed by atoms with van der Waals surface area (Å²) < 4.78 is 19.0. The van der Waals surface area contributed by atoms with E-state index in [0.717, 1.165) is 10.0 Å². The Bertz CT molecular complexity index is 517. The summed E-state index contributed by atoms with van der Waals surface area (Å²) in [4.78, 5) is 11.6. The molecule has 2 N–H and O–H groups in total. The van der Waals surface area contributed by atoms with Crippen LogP contribution in [0.3, 0.4) is 0 Å². The molecule has 0 aliphatic heterocycles. The quantitative estimate of drug-likeness (QED) is 0.813. The molecule has 0 bridgehead atoms. The third-order valence-electron chi connectivity index (χ3n) is 2.91. The molecule has 4 nitrogen and oxygen atoms in total. The maximum atomic E-state index is 13.1. The van der Waals surface area contributed by atoms with Crippen molar-refractivity contribution in [3.05, 3.63) is 34.1 Å². The number of ether oxygens (including phenoxy) is 1. The van der Waals surface area contributed by atoms with Gasteiger partial charge >= 0.3 is 6.09 Å². The number of carbonyl (C=O) groups excluding carboxylic acids is 1. The van der Waals surface area contributed by atoms with Crippen molar-refractivity contribution in [2.24, 2.45) is 0 Å². The first-order valence-corrected chi connectivity index (χ1v) is 8.05. The highest BCUT2D eigenvalue weighted by Gasteiger charge is 2.17. The molecule has 0 saturated heterocycles. The summed E-state index contributed by atoms with van der Waals surface area (Å²) in [5.41, 5.74) is 0.457. The van der Waals surface area contributed by atoms with Gasteiger partial charge in [-0.15, -0.1) is 0 Å². The van der Waals surface area contributed by atoms with Gasteiger partial charge in [0, 0.05) is 23.1 Å². The van der Waals surface area contributed by atoms with E-state index in [4.69, 9.17) is 4.74 Å². The zero-order valence-corrected chi connectivity index (χ0v) is 15.3. The van der Waals surface area contributed by atoms with E-state index in [-0.39, 0.29) is 17.9 Å². The predicted octanol–water partition coefficient (Wildman–Crippen LogP) is 4.15. The largest absolute Gasteiger partial charge is 0.444 e. The van der Waals surface area contributed by atoms with Gasteiger partial charge in [0.1, 0.15) is 11.4 Å². The lowest BCUT2D eigenvalue weighted by Crippen LogP contribution is -2.42. The molecule has 0 fully saturated rings. The van der Waals surface area contributed by atoms with Gasteiger partial charge in [-0.1, -0.05) is 22.0 Å². The van der Waals surface area contributed by atoms with Crippen LogP contribution in [0.15, 0.2) is 22.7 Å². The van der Waals surface area contributed by atoms with E-state index in [1.54, 1.807) is 6.07 Å². The summed E-state index contributed by atoms with van der Waals surface area (Å²) in [6, 6.07) is 4.68. The molecular weight excluding hydrogens is 351 g/mol. The van der Waals surface area contributed by atoms with Crippen molar-refractivity contribution in [1.29, 1.82) is 0 Å². The fourth-order valence-corrected chi connectivity index (χ4v) is 2.67. The van der Waals surface area contributed by atoms with Gasteiger partial charge in [-0.05, 0) is 52.3 Å². The summed E-state index contributed by atoms with van der Waals surface area (Å²) in [5, 5.41) is 6.08. The summed E-state index contributed by atoms with van der Waals surface area (Å²) in [6.45, 7) is 9.86. The molecule has 0 radical (unpaired) electrons. The van der Waals surface area contributed by atoms with Crippen LogP contribution in [0.5, 0.6) is 0 Å². The van der Waals surface area contributed by atoms with Gasteiger partial charge in [0.25, 0.3) is 0 Å². The molecule has 1 amide bonds. The average Bonchev–Trinajstić information content (AvgIpc) is 2.34. The molecule has 2 atom stereocenters. The first kappa shape index (κ1) is 18.9. The monoisotopic (exact) mass is 374 g/mol. The number of nitrogens with one attached hydrogen (secondary N) is 2. The third-order valence-corrected chi connectivity index (χ3v) is 3.60. The maximum Gasteiger partial charge on any atom is 0.407 e. The summed E-state index contributed by atoms with van der Waals surface area (Å²) >= 11 is 3.36. The second-order valence-corrected chi connectivity index (χ2v) is 7.19. The Hall–Kier alpha value is -1.14. The molecular formula is C16H24BrFN2O2. The molecule has 22 heavy (non-hydrogen) atoms. The highest BCUT2D eigenvalue weighted by atomic mass is 79.9. The maximum absolute atomic E-state index is 13.1. The van der Waals surface area contributed by atoms with E-state index in [2.05, 4.69) is 26.6 Å². The van der Waals surface area contributed by atoms with Gasteiger partial charge < -0.3 is 15.4 Å². The average molecular weight is 375 g/mol. The van der Waals surface area contributed by atoms with Gasteiger partial charge in [0.05, 0.1) is 0 Å². The number of hydrogen-bond acceptors (Lipinski definition) is 3. The standard InChI is InChI=1S/C16H24BrFN2O2/c1-10(9-19-15(21)22-16(3,4)5)20-11(2)13-7-6-12(18)8-14(13)17/h6-8,10-11,20H,9H2,1-5H3,(H,19,21). The van der Waals surface area contributed by atoms with E-state index in [9.17, 15) is 9.18 Å². The van der Waals surface area contributed by atoms with Crippen LogP contribution < -0.4 is 10.6 Å². The predicted molar refractivity (Wildman–Crippen MR) is 89.3 cm³/mol. The number of benzene rings is 1. The van der Waals surface area contributed by atoms with E-state index >= 15 is 0 Å². The molecule has 6 heteroatoms. The molecule has 0 aliphatic carbocycles. The van der Waals surface area contributed by atoms with E-state index in [1.165, 1.54) is 12.1 Å². The SMILES string of the molecule is CC(CNC(=O)OC(C)(C)C)NC(C)c1ccc(F)cc1Br. The van der Waals surface area contributed by atoms with E-state index in [1.807, 2.05) is 34.6 Å². The molecule has 0 saturated carbocycles. The number of alkyl carbamates (subject to hydrolysis) is 1. The van der Waals surface area contributed by atoms with Gasteiger partial charge in [-0.2, -0.15) is 0 Å². The third kappa shape index (κ3) is 6.75. The Morgan fingerprint density at radius 3 is 2.55 bits per heavy atom. The fourth-order valence-electron chi connectivity index (χ4n) is 1.98. The van der Waals surface area contributed by atoms with Crippen molar-refractivity contribution in [3.63, 3.8) is 0 Å². The summed E-state index contributed by atoms with van der Waals surface area (Å²) in [7, 11) is 0. The lowest BCUT2D eigenvalue weighted by atomic mass is 10.1. The fraction of sp³-hybridized carbons (Fsp3) is 0.562. The summed E-state index contributed by atoms with van der Waals surface area (Å²) in [5.74, 6) is -0.275. The van der Waals surface area contributed by atoms with Crippen LogP contribution in [0.4, 0.5) is 9.18 Å². The van der Waals surface area contributed by atoms with Crippen LogP contribution in [0, 0.1) is 5.82 Å². The molecule has 1 rings (SSSR count). The minimum Gasteiger partial charge on any atom is -0.444 e. The number of halogens is 2. The van der Waals surface area contributed by atoms with E-state index < -0.39 is 11.7 Å². The highest BCUT2D eigenvalue weighted by Crippen LogP contribution is 2.24. The lowest BCUT2D eigenvalue weighted by Gasteiger charge is -2.23. The minimum atomic E-state index is -0.507. The van der Waals surface area contributed by atoms with Crippen LogP contribution in [-0.4, -0.2) is 24.3 Å². The number of carbonyl (C=O) groups is 1. The van der Waals surface area contributed by atoms with Gasteiger partial charge in [0.2, 0.25) is 0 Å². The zero-order valence-electron chi connectivity index (χ0n) is 13.7. The second kappa shape index (κ2) is 7.92. The molecule has 0 aromatic heterocycles. The number of amides is 1. The summed E-state index contributed by atoms with van der Waals surface area (Å²) in [6.07, 6.45) is -0.434. The lowest BCUT2D eigenvalue weighted by molar-refractivity contribution is 0.0522. The number of rotatable bonds is 5. The molecule has 0 heterocycles. The van der Waals surface area contributed by atoms with Crippen LogP contribution in [0.25, 0.3) is 0 Å². The van der Waals surface area contributed by atoms with Crippen molar-refractivity contribution < 1.29 is 13.9 Å². The first-order chi connectivity index (χ1) is 10.1. The Balaban J connectivity index is 2.47. The Kier molecular flexibility index (Phi) is 6.81. The highest BCUT2D eigenvalue weighted by molar-refractivity contribution is 9.10. The van der Waals surface area contributed by atoms with E-state index in [0.29, 0.717) is 6.54 Å². The van der Waals surface area contributed by atoms with Crippen molar-refractivity contribution in [1.82, 2.24) is 10.6 Å². The Morgan fingerprint density at radius 2 is 2.00 bits per heavy atom. The van der Waals surface area contributed by atoms with Gasteiger partial charge in [-0.3, -0.25) is 0 Å². The Morgan fingerprint density at radius 1 is 1.36 bits per heavy atom. The van der Waals surface area contributed by atoms with Gasteiger partial charge in [-0.25, -0.2) is 9.18 Å². The van der Waals surface area contributed by atoms with Crippen LogP contribution in [-0.2, 0) is 4.74 Å². The smallest absolute Gasteiger partial charge is 0.407 e. The van der Waals surface area contributed by atoms with Crippen molar-refractivity contribution in [2.45, 2.75) is 52.3 Å².